The van der Waals surface area contributed by atoms with E-state index in [0.29, 0.717) is 16.3 Å². The third-order valence-corrected chi connectivity index (χ3v) is 10.2. The molecule has 0 radical (unpaired) electrons. The summed E-state index contributed by atoms with van der Waals surface area (Å²) in [5.74, 6) is -5.15. The lowest BCUT2D eigenvalue weighted by Crippen LogP contribution is -2.49. The molecule has 0 aromatic heterocycles. The van der Waals surface area contributed by atoms with Crippen molar-refractivity contribution < 1.29 is 52.4 Å². The van der Waals surface area contributed by atoms with Crippen molar-refractivity contribution in [2.75, 3.05) is 20.3 Å². The van der Waals surface area contributed by atoms with Crippen molar-refractivity contribution >= 4 is 41.3 Å². The summed E-state index contributed by atoms with van der Waals surface area (Å²) in [5.41, 5.74) is 1.53. The maximum absolute atomic E-state index is 14.1. The minimum Gasteiger partial charge on any atom is -0.495 e. The molecule has 2 N–H and O–H groups in total. The maximum Gasteiger partial charge on any atom is 0.347 e. The van der Waals surface area contributed by atoms with Gasteiger partial charge in [-0.25, -0.2) is 4.79 Å². The van der Waals surface area contributed by atoms with Gasteiger partial charge < -0.3 is 39.1 Å². The number of rotatable bonds is 14. The van der Waals surface area contributed by atoms with E-state index >= 15 is 0 Å². The SMILES string of the molecule is C=CCOC(=O)CCC[C@@H]1CNC(=O)[C@@H](Cc2ccc(OC)c(Cl)c2)NC(=O)/C=C/C[C@@H]([C@H](C)[C@H]2OC(C)(C)O[C@@H]2c2ccccc2)OC(=O)[C@H](CC(C)C)OC1=O. The Morgan fingerprint density at radius 1 is 1.03 bits per heavy atom. The first kappa shape index (κ1) is 46.0. The lowest BCUT2D eigenvalue weighted by molar-refractivity contribution is -0.180. The number of esters is 3. The normalized spacial score (nSPS) is 25.4. The highest BCUT2D eigenvalue weighted by atomic mass is 35.5. The highest BCUT2D eigenvalue weighted by Crippen LogP contribution is 2.43. The maximum atomic E-state index is 14.1. The van der Waals surface area contributed by atoms with Crippen LogP contribution in [0.5, 0.6) is 5.75 Å². The molecule has 1 fully saturated rings. The lowest BCUT2D eigenvalue weighted by atomic mass is 9.89. The molecule has 0 aliphatic carbocycles. The van der Waals surface area contributed by atoms with Crippen LogP contribution in [-0.2, 0) is 54.1 Å². The van der Waals surface area contributed by atoms with E-state index in [4.69, 9.17) is 40.0 Å². The molecule has 2 heterocycles. The lowest BCUT2D eigenvalue weighted by Gasteiger charge is -2.31. The number of methoxy groups -OCH3 is 1. The second-order valence-electron chi connectivity index (χ2n) is 15.5. The number of hydrogen-bond donors (Lipinski definition) is 2. The van der Waals surface area contributed by atoms with Gasteiger partial charge in [-0.15, -0.1) is 0 Å². The van der Waals surface area contributed by atoms with E-state index in [2.05, 4.69) is 17.2 Å². The van der Waals surface area contributed by atoms with Gasteiger partial charge in [0.2, 0.25) is 11.8 Å². The van der Waals surface area contributed by atoms with Gasteiger partial charge in [-0.1, -0.05) is 87.5 Å². The number of amides is 2. The molecule has 14 heteroatoms. The minimum atomic E-state index is -1.28. The fourth-order valence-corrected chi connectivity index (χ4v) is 7.20. The molecule has 2 aromatic rings. The average molecular weight is 825 g/mol. The van der Waals surface area contributed by atoms with Gasteiger partial charge in [0.05, 0.1) is 24.2 Å². The van der Waals surface area contributed by atoms with Gasteiger partial charge in [0.25, 0.3) is 0 Å². The Bertz CT molecular complexity index is 1760. The van der Waals surface area contributed by atoms with E-state index in [-0.39, 0.29) is 57.6 Å². The summed E-state index contributed by atoms with van der Waals surface area (Å²) >= 11 is 6.39. The molecule has 0 spiro atoms. The average Bonchev–Trinajstić information content (AvgIpc) is 3.51. The number of carbonyl (C=O) groups excluding carboxylic acids is 5. The first-order valence-electron chi connectivity index (χ1n) is 19.8. The number of hydrogen-bond acceptors (Lipinski definition) is 11. The Balaban J connectivity index is 1.69. The zero-order valence-corrected chi connectivity index (χ0v) is 35.0. The monoisotopic (exact) mass is 824 g/mol. The number of halogens is 1. The molecule has 13 nitrogen and oxygen atoms in total. The molecule has 58 heavy (non-hydrogen) atoms. The van der Waals surface area contributed by atoms with E-state index in [1.807, 2.05) is 65.0 Å². The van der Waals surface area contributed by atoms with Gasteiger partial charge in [0.15, 0.2) is 11.9 Å². The highest BCUT2D eigenvalue weighted by Gasteiger charge is 2.47. The third kappa shape index (κ3) is 13.7. The van der Waals surface area contributed by atoms with Crippen molar-refractivity contribution in [3.05, 3.63) is 89.5 Å². The molecule has 7 atom stereocenters. The molecule has 316 valence electrons. The molecular formula is C44H57ClN2O11. The van der Waals surface area contributed by atoms with Crippen LogP contribution >= 0.6 is 11.6 Å². The van der Waals surface area contributed by atoms with Crippen molar-refractivity contribution in [3.63, 3.8) is 0 Å². The van der Waals surface area contributed by atoms with Crippen LogP contribution in [0.1, 0.15) is 84.0 Å². The van der Waals surface area contributed by atoms with Gasteiger partial charge in [-0.3, -0.25) is 19.2 Å². The Morgan fingerprint density at radius 3 is 2.45 bits per heavy atom. The van der Waals surface area contributed by atoms with Crippen LogP contribution in [0.3, 0.4) is 0 Å². The standard InChI is InChI=1S/C44H57ClN2O11/c1-8-22-54-38(49)19-12-16-31-26-46-41(50)33(25-29-20-21-35(53-7)32(45)24-29)47-37(48)18-13-17-34(55-43(52)36(23-27(2)3)56-42(31)51)28(4)39-40(58-44(5,6)57-39)30-14-10-9-11-15-30/h8-11,13-15,18,20-21,24,27-28,31,33-34,36,39-40H,1,12,16-17,19,22-23,25-26H2,2-7H3,(H,46,50)(H,47,48)/b18-13+/t28-,31+,33+,34-,36-,39+,40+/m0/s1. The van der Waals surface area contributed by atoms with Gasteiger partial charge >= 0.3 is 17.9 Å². The molecule has 0 bridgehead atoms. The number of ether oxygens (including phenoxy) is 6. The zero-order valence-electron chi connectivity index (χ0n) is 34.2. The first-order chi connectivity index (χ1) is 27.6. The quantitative estimate of drug-likeness (QED) is 0.124. The molecule has 2 aliphatic rings. The summed E-state index contributed by atoms with van der Waals surface area (Å²) in [6.07, 6.45) is 1.76. The van der Waals surface area contributed by atoms with E-state index < -0.39 is 77.8 Å². The smallest absolute Gasteiger partial charge is 0.347 e. The summed E-state index contributed by atoms with van der Waals surface area (Å²) in [6, 6.07) is 13.6. The Kier molecular flexibility index (Phi) is 17.3. The Morgan fingerprint density at radius 2 is 1.78 bits per heavy atom. The van der Waals surface area contributed by atoms with Crippen LogP contribution in [0.2, 0.25) is 5.02 Å². The largest absolute Gasteiger partial charge is 0.495 e. The number of cyclic esters (lactones) is 2. The molecule has 2 aromatic carbocycles. The predicted molar refractivity (Wildman–Crippen MR) is 217 cm³/mol. The number of benzene rings is 2. The molecule has 2 amide bonds. The Labute approximate surface area is 346 Å². The van der Waals surface area contributed by atoms with Gasteiger partial charge in [0, 0.05) is 31.7 Å². The summed E-state index contributed by atoms with van der Waals surface area (Å²) in [4.78, 5) is 67.6. The molecule has 1 saturated heterocycles. The topological polar surface area (TPSA) is 165 Å². The zero-order chi connectivity index (χ0) is 42.4. The van der Waals surface area contributed by atoms with E-state index in [1.165, 1.54) is 19.3 Å². The van der Waals surface area contributed by atoms with Crippen LogP contribution in [0.25, 0.3) is 0 Å². The van der Waals surface area contributed by atoms with Crippen molar-refractivity contribution in [2.24, 2.45) is 17.8 Å². The highest BCUT2D eigenvalue weighted by molar-refractivity contribution is 6.32. The molecule has 4 rings (SSSR count). The van der Waals surface area contributed by atoms with Gasteiger partial charge in [-0.2, -0.15) is 0 Å². The van der Waals surface area contributed by atoms with Crippen LogP contribution in [0.4, 0.5) is 0 Å². The molecule has 0 unspecified atom stereocenters. The second kappa shape index (κ2) is 21.9. The second-order valence-corrected chi connectivity index (χ2v) is 15.9. The number of carbonyl (C=O) groups is 5. The van der Waals surface area contributed by atoms with E-state index in [0.717, 1.165) is 5.56 Å². The van der Waals surface area contributed by atoms with Crippen LogP contribution in [0, 0.1) is 17.8 Å². The van der Waals surface area contributed by atoms with Gasteiger partial charge in [-0.05, 0) is 68.4 Å². The van der Waals surface area contributed by atoms with Crippen molar-refractivity contribution in [2.45, 2.75) is 109 Å². The Hall–Kier alpha value is -4.72. The van der Waals surface area contributed by atoms with Crippen molar-refractivity contribution in [1.82, 2.24) is 10.6 Å². The summed E-state index contributed by atoms with van der Waals surface area (Å²) in [5, 5.41) is 5.89. The van der Waals surface area contributed by atoms with Gasteiger partial charge in [0.1, 0.15) is 30.6 Å². The third-order valence-electron chi connectivity index (χ3n) is 9.91. The van der Waals surface area contributed by atoms with Crippen molar-refractivity contribution in [1.29, 1.82) is 0 Å². The summed E-state index contributed by atoms with van der Waals surface area (Å²) in [6.45, 7) is 12.7. The van der Waals surface area contributed by atoms with E-state index in [1.54, 1.807) is 24.3 Å². The molecule has 0 saturated carbocycles. The van der Waals surface area contributed by atoms with Crippen molar-refractivity contribution in [3.8, 4) is 5.75 Å². The van der Waals surface area contributed by atoms with Crippen LogP contribution < -0.4 is 15.4 Å². The molecular weight excluding hydrogens is 768 g/mol. The number of nitrogens with one attached hydrogen (secondary N) is 2. The fourth-order valence-electron chi connectivity index (χ4n) is 6.92. The molecule has 2 aliphatic heterocycles. The van der Waals surface area contributed by atoms with Crippen LogP contribution in [-0.4, -0.2) is 80.1 Å². The minimum absolute atomic E-state index is 0.000418. The summed E-state index contributed by atoms with van der Waals surface area (Å²) < 4.78 is 35.3. The first-order valence-corrected chi connectivity index (χ1v) is 20.1. The predicted octanol–water partition coefficient (Wildman–Crippen LogP) is 6.37. The fraction of sp³-hybridized carbons (Fsp3) is 0.523. The van der Waals surface area contributed by atoms with E-state index in [9.17, 15) is 24.0 Å². The van der Waals surface area contributed by atoms with Crippen LogP contribution in [0.15, 0.2) is 73.3 Å². The summed E-state index contributed by atoms with van der Waals surface area (Å²) in [7, 11) is 1.49.